The molecule has 1 aliphatic rings. The molecule has 3 rings (SSSR count). The van der Waals surface area contributed by atoms with Crippen molar-refractivity contribution in [2.24, 2.45) is 21.5 Å². The normalized spacial score (nSPS) is 15.5. The van der Waals surface area contributed by atoms with Gasteiger partial charge in [-0.05, 0) is 55.8 Å². The van der Waals surface area contributed by atoms with Gasteiger partial charge in [-0.1, -0.05) is 29.3 Å². The molecule has 2 aromatic rings. The van der Waals surface area contributed by atoms with Gasteiger partial charge in [-0.2, -0.15) is 4.99 Å². The number of aliphatic imine (C=N–C) groups is 2. The van der Waals surface area contributed by atoms with Crippen LogP contribution in [0.3, 0.4) is 0 Å². The molecule has 0 aromatic heterocycles. The van der Waals surface area contributed by atoms with E-state index in [2.05, 4.69) is 9.98 Å². The van der Waals surface area contributed by atoms with Crippen LogP contribution in [0, 0.1) is 0 Å². The summed E-state index contributed by atoms with van der Waals surface area (Å²) >= 11 is 11.9. The van der Waals surface area contributed by atoms with Crippen LogP contribution in [0.5, 0.6) is 5.75 Å². The highest BCUT2D eigenvalue weighted by Gasteiger charge is 2.32. The van der Waals surface area contributed by atoms with Crippen LogP contribution in [0.2, 0.25) is 10.0 Å². The first-order valence-electron chi connectivity index (χ1n) is 7.93. The van der Waals surface area contributed by atoms with Crippen molar-refractivity contribution in [3.63, 3.8) is 0 Å². The topological polar surface area (TPSA) is 89.2 Å². The maximum absolute atomic E-state index is 6.04. The summed E-state index contributed by atoms with van der Waals surface area (Å²) in [6.07, 6.45) is 0. The number of hydrogen-bond acceptors (Lipinski definition) is 6. The molecule has 0 saturated heterocycles. The molecule has 9 heteroatoms. The minimum absolute atomic E-state index is 0. The first kappa shape index (κ1) is 21.2. The molecule has 27 heavy (non-hydrogen) atoms. The zero-order chi connectivity index (χ0) is 18.9. The summed E-state index contributed by atoms with van der Waals surface area (Å²) in [4.78, 5) is 10.2. The van der Waals surface area contributed by atoms with Gasteiger partial charge in [-0.25, -0.2) is 4.99 Å². The van der Waals surface area contributed by atoms with E-state index < -0.39 is 5.66 Å². The highest BCUT2D eigenvalue weighted by Crippen LogP contribution is 2.29. The fourth-order valence-corrected chi connectivity index (χ4v) is 3.06. The van der Waals surface area contributed by atoms with Crippen molar-refractivity contribution in [2.75, 3.05) is 4.90 Å². The van der Waals surface area contributed by atoms with E-state index in [4.69, 9.17) is 39.4 Å². The number of rotatable bonds is 4. The van der Waals surface area contributed by atoms with Gasteiger partial charge >= 0.3 is 0 Å². The maximum Gasteiger partial charge on any atom is 0.220 e. The predicted octanol–water partition coefficient (Wildman–Crippen LogP) is 4.18. The van der Waals surface area contributed by atoms with Gasteiger partial charge in [0.1, 0.15) is 18.0 Å². The highest BCUT2D eigenvalue weighted by molar-refractivity contribution is 6.42. The van der Waals surface area contributed by atoms with Crippen molar-refractivity contribution in [3.05, 3.63) is 58.1 Å². The second-order valence-electron chi connectivity index (χ2n) is 6.30. The Balaban J connectivity index is 0.00000261. The lowest BCUT2D eigenvalue weighted by atomic mass is 10.1. The number of guanidine groups is 2. The van der Waals surface area contributed by atoms with Crippen LogP contribution in [0.15, 0.2) is 52.4 Å². The summed E-state index contributed by atoms with van der Waals surface area (Å²) in [7, 11) is 0. The number of hydrogen-bond donors (Lipinski definition) is 2. The first-order valence-corrected chi connectivity index (χ1v) is 8.68. The molecule has 0 atom stereocenters. The molecule has 1 heterocycles. The van der Waals surface area contributed by atoms with E-state index in [1.807, 2.05) is 49.1 Å². The van der Waals surface area contributed by atoms with Crippen molar-refractivity contribution in [2.45, 2.75) is 26.1 Å². The van der Waals surface area contributed by atoms with Crippen molar-refractivity contribution < 1.29 is 4.74 Å². The van der Waals surface area contributed by atoms with Gasteiger partial charge < -0.3 is 16.2 Å². The third-order valence-electron chi connectivity index (χ3n) is 3.88. The van der Waals surface area contributed by atoms with E-state index in [0.717, 1.165) is 11.3 Å². The van der Waals surface area contributed by atoms with E-state index in [1.54, 1.807) is 12.1 Å². The molecule has 0 unspecified atom stereocenters. The predicted molar refractivity (Wildman–Crippen MR) is 114 cm³/mol. The molecule has 0 spiro atoms. The summed E-state index contributed by atoms with van der Waals surface area (Å²) in [6.45, 7) is 4.21. The lowest BCUT2D eigenvalue weighted by Crippen LogP contribution is -2.54. The molecule has 4 N–H and O–H groups in total. The van der Waals surface area contributed by atoms with Crippen molar-refractivity contribution >= 4 is 53.2 Å². The molecule has 0 saturated carbocycles. The summed E-state index contributed by atoms with van der Waals surface area (Å²) in [5, 5.41) is 1.02. The molecule has 0 amide bonds. The number of nitrogens with two attached hydrogens (primary N) is 2. The fourth-order valence-electron chi connectivity index (χ4n) is 2.74. The molecule has 1 aliphatic heterocycles. The van der Waals surface area contributed by atoms with E-state index in [1.165, 1.54) is 0 Å². The van der Waals surface area contributed by atoms with Gasteiger partial charge in [-0.3, -0.25) is 4.90 Å². The standard InChI is InChI=1S/C18H19Cl2N5O.ClH/c1-18(2)24-16(21)23-17(22)25(18)12-4-6-13(7-5-12)26-10-11-3-8-14(19)15(20)9-11;/h3-9H,10H2,1-2H3,(H4,21,22,23,24);1H. The van der Waals surface area contributed by atoms with Crippen LogP contribution in [0.25, 0.3) is 0 Å². The highest BCUT2D eigenvalue weighted by atomic mass is 35.5. The Kier molecular flexibility index (Phi) is 6.46. The fraction of sp³-hybridized carbons (Fsp3) is 0.222. The average molecular weight is 429 g/mol. The van der Waals surface area contributed by atoms with E-state index in [9.17, 15) is 0 Å². The van der Waals surface area contributed by atoms with Gasteiger partial charge in [-0.15, -0.1) is 12.4 Å². The Labute approximate surface area is 174 Å². The van der Waals surface area contributed by atoms with Crippen LogP contribution in [-0.2, 0) is 6.61 Å². The summed E-state index contributed by atoms with van der Waals surface area (Å²) in [5.74, 6) is 1.19. The summed E-state index contributed by atoms with van der Waals surface area (Å²) in [6, 6.07) is 12.9. The quantitative estimate of drug-likeness (QED) is 0.764. The van der Waals surface area contributed by atoms with E-state index >= 15 is 0 Å². The summed E-state index contributed by atoms with van der Waals surface area (Å²) in [5.41, 5.74) is 12.9. The van der Waals surface area contributed by atoms with Gasteiger partial charge in [0, 0.05) is 5.69 Å². The van der Waals surface area contributed by atoms with Crippen LogP contribution >= 0.6 is 35.6 Å². The zero-order valence-corrected chi connectivity index (χ0v) is 17.1. The monoisotopic (exact) mass is 427 g/mol. The van der Waals surface area contributed by atoms with Gasteiger partial charge in [0.25, 0.3) is 0 Å². The van der Waals surface area contributed by atoms with Crippen LogP contribution in [0.1, 0.15) is 19.4 Å². The van der Waals surface area contributed by atoms with E-state index in [0.29, 0.717) is 28.4 Å². The number of nitrogens with zero attached hydrogens (tertiary/aromatic N) is 3. The molecule has 0 fully saturated rings. The second-order valence-corrected chi connectivity index (χ2v) is 7.12. The molecule has 0 bridgehead atoms. The largest absolute Gasteiger partial charge is 0.489 e. The Morgan fingerprint density at radius 3 is 2.30 bits per heavy atom. The average Bonchev–Trinajstić information content (AvgIpc) is 2.55. The number of halogens is 3. The number of anilines is 1. The molecule has 0 radical (unpaired) electrons. The minimum Gasteiger partial charge on any atom is -0.489 e. The number of ether oxygens (including phenoxy) is 1. The minimum atomic E-state index is -0.627. The van der Waals surface area contributed by atoms with E-state index in [-0.39, 0.29) is 18.4 Å². The Morgan fingerprint density at radius 2 is 1.70 bits per heavy atom. The summed E-state index contributed by atoms with van der Waals surface area (Å²) < 4.78 is 5.80. The van der Waals surface area contributed by atoms with Crippen LogP contribution < -0.4 is 21.1 Å². The molecule has 2 aromatic carbocycles. The Morgan fingerprint density at radius 1 is 1.04 bits per heavy atom. The van der Waals surface area contributed by atoms with Crippen LogP contribution in [-0.4, -0.2) is 17.6 Å². The smallest absolute Gasteiger partial charge is 0.220 e. The van der Waals surface area contributed by atoms with Gasteiger partial charge in [0.05, 0.1) is 10.0 Å². The SMILES string of the molecule is CC1(C)N=C(N)N=C(N)N1c1ccc(OCc2ccc(Cl)c(Cl)c2)cc1.Cl. The lowest BCUT2D eigenvalue weighted by Gasteiger charge is -2.38. The Bertz CT molecular complexity index is 881. The lowest BCUT2D eigenvalue weighted by molar-refractivity contribution is 0.306. The molecule has 0 aliphatic carbocycles. The molecular weight excluding hydrogens is 409 g/mol. The molecule has 6 nitrogen and oxygen atoms in total. The third kappa shape index (κ3) is 4.77. The van der Waals surface area contributed by atoms with Crippen molar-refractivity contribution in [1.82, 2.24) is 0 Å². The van der Waals surface area contributed by atoms with Gasteiger partial charge in [0.15, 0.2) is 0 Å². The maximum atomic E-state index is 6.04. The Hall–Kier alpha value is -2.15. The zero-order valence-electron chi connectivity index (χ0n) is 14.8. The molecular formula is C18H20Cl3N5O. The number of benzene rings is 2. The van der Waals surface area contributed by atoms with Crippen molar-refractivity contribution in [1.29, 1.82) is 0 Å². The second kappa shape index (κ2) is 8.25. The van der Waals surface area contributed by atoms with Crippen molar-refractivity contribution in [3.8, 4) is 5.75 Å². The first-order chi connectivity index (χ1) is 12.3. The molecule has 144 valence electrons. The van der Waals surface area contributed by atoms with Crippen LogP contribution in [0.4, 0.5) is 5.69 Å². The third-order valence-corrected chi connectivity index (χ3v) is 4.62. The van der Waals surface area contributed by atoms with Gasteiger partial charge in [0.2, 0.25) is 11.9 Å².